The molecule has 3 amide bonds. The minimum Gasteiger partial charge on any atom is -0.370 e. The van der Waals surface area contributed by atoms with Gasteiger partial charge in [0, 0.05) is 12.8 Å². The van der Waals surface area contributed by atoms with E-state index < -0.39 is 17.9 Å². The molecular formula is C10H19N3O3. The molecule has 0 unspecified atom stereocenters. The molecule has 0 saturated carbocycles. The van der Waals surface area contributed by atoms with Crippen molar-refractivity contribution in [2.24, 2.45) is 17.4 Å². The van der Waals surface area contributed by atoms with Crippen molar-refractivity contribution in [2.75, 3.05) is 0 Å². The number of rotatable bonds is 7. The first kappa shape index (κ1) is 14.4. The van der Waals surface area contributed by atoms with Crippen molar-refractivity contribution >= 4 is 17.7 Å². The second-order valence-electron chi connectivity index (χ2n) is 4.01. The van der Waals surface area contributed by atoms with E-state index in [4.69, 9.17) is 11.5 Å². The van der Waals surface area contributed by atoms with Crippen molar-refractivity contribution in [3.8, 4) is 0 Å². The Morgan fingerprint density at radius 1 is 1.12 bits per heavy atom. The number of nitrogens with one attached hydrogen (secondary N) is 1. The lowest BCUT2D eigenvalue weighted by atomic mass is 10.0. The number of carbonyl (C=O) groups excluding carboxylic acids is 3. The number of primary amides is 2. The third kappa shape index (κ3) is 6.00. The molecule has 0 heterocycles. The lowest BCUT2D eigenvalue weighted by Gasteiger charge is -2.18. The zero-order valence-electron chi connectivity index (χ0n) is 9.66. The summed E-state index contributed by atoms with van der Waals surface area (Å²) in [6.45, 7) is 3.58. The first-order valence-corrected chi connectivity index (χ1v) is 5.21. The molecule has 0 fully saturated rings. The Hall–Kier alpha value is -1.59. The molecule has 0 bridgehead atoms. The first-order valence-electron chi connectivity index (χ1n) is 5.21. The molecule has 0 aromatic rings. The Bertz CT molecular complexity index is 276. The fraction of sp³-hybridized carbons (Fsp3) is 0.700. The van der Waals surface area contributed by atoms with Crippen molar-refractivity contribution in [3.05, 3.63) is 0 Å². The predicted octanol–water partition coefficient (Wildman–Crippen LogP) is -0.732. The quantitative estimate of drug-likeness (QED) is 0.534. The minimum atomic E-state index is -0.666. The monoisotopic (exact) mass is 229 g/mol. The van der Waals surface area contributed by atoms with Crippen LogP contribution in [0.5, 0.6) is 0 Å². The standard InChI is InChI=1S/C10H19N3O3/c1-6(2)9(10(12)16)13-8(15)5-3-4-7(11)14/h6,9H,3-5H2,1-2H3,(H2,11,14)(H2,12,16)(H,13,15)/t9-/m0/s1. The van der Waals surface area contributed by atoms with Crippen molar-refractivity contribution in [2.45, 2.75) is 39.2 Å². The predicted molar refractivity (Wildman–Crippen MR) is 59.0 cm³/mol. The number of carbonyl (C=O) groups is 3. The zero-order valence-corrected chi connectivity index (χ0v) is 9.66. The van der Waals surface area contributed by atoms with Gasteiger partial charge in [-0.3, -0.25) is 14.4 Å². The second kappa shape index (κ2) is 6.81. The van der Waals surface area contributed by atoms with Gasteiger partial charge >= 0.3 is 0 Å². The van der Waals surface area contributed by atoms with Crippen LogP contribution in [0.3, 0.4) is 0 Å². The summed E-state index contributed by atoms with van der Waals surface area (Å²) in [5.74, 6) is -1.35. The van der Waals surface area contributed by atoms with E-state index in [-0.39, 0.29) is 24.7 Å². The van der Waals surface area contributed by atoms with Crippen LogP contribution in [0.2, 0.25) is 0 Å². The smallest absolute Gasteiger partial charge is 0.240 e. The largest absolute Gasteiger partial charge is 0.370 e. The molecule has 0 aliphatic heterocycles. The molecule has 92 valence electrons. The Balaban J connectivity index is 4.01. The van der Waals surface area contributed by atoms with Gasteiger partial charge in [-0.2, -0.15) is 0 Å². The summed E-state index contributed by atoms with van der Waals surface area (Å²) >= 11 is 0. The summed E-state index contributed by atoms with van der Waals surface area (Å²) in [6, 6.07) is -0.666. The van der Waals surface area contributed by atoms with E-state index in [1.54, 1.807) is 13.8 Å². The van der Waals surface area contributed by atoms with Gasteiger partial charge in [0.2, 0.25) is 17.7 Å². The highest BCUT2D eigenvalue weighted by Crippen LogP contribution is 2.02. The maximum absolute atomic E-state index is 11.4. The number of amides is 3. The van der Waals surface area contributed by atoms with E-state index in [2.05, 4.69) is 5.32 Å². The number of nitrogens with two attached hydrogens (primary N) is 2. The van der Waals surface area contributed by atoms with Crippen LogP contribution in [0.1, 0.15) is 33.1 Å². The van der Waals surface area contributed by atoms with Crippen LogP contribution in [0.25, 0.3) is 0 Å². The summed E-state index contributed by atoms with van der Waals surface area (Å²) in [4.78, 5) is 32.8. The maximum atomic E-state index is 11.4. The SMILES string of the molecule is CC(C)[C@H](NC(=O)CCCC(N)=O)C(N)=O. The Labute approximate surface area is 94.7 Å². The van der Waals surface area contributed by atoms with Gasteiger partial charge in [0.1, 0.15) is 6.04 Å². The summed E-state index contributed by atoms with van der Waals surface area (Å²) in [6.07, 6.45) is 0.709. The molecule has 16 heavy (non-hydrogen) atoms. The van der Waals surface area contributed by atoms with E-state index >= 15 is 0 Å². The molecule has 0 rings (SSSR count). The summed E-state index contributed by atoms with van der Waals surface area (Å²) in [7, 11) is 0. The number of hydrogen-bond donors (Lipinski definition) is 3. The van der Waals surface area contributed by atoms with Gasteiger partial charge in [-0.15, -0.1) is 0 Å². The van der Waals surface area contributed by atoms with Crippen molar-refractivity contribution in [1.29, 1.82) is 0 Å². The maximum Gasteiger partial charge on any atom is 0.240 e. The van der Waals surface area contributed by atoms with Crippen LogP contribution in [0.15, 0.2) is 0 Å². The summed E-state index contributed by atoms with van der Waals surface area (Å²) in [5, 5.41) is 2.52. The van der Waals surface area contributed by atoms with Crippen LogP contribution in [0.4, 0.5) is 0 Å². The Morgan fingerprint density at radius 3 is 2.06 bits per heavy atom. The zero-order chi connectivity index (χ0) is 12.7. The Morgan fingerprint density at radius 2 is 1.69 bits per heavy atom. The van der Waals surface area contributed by atoms with Crippen LogP contribution >= 0.6 is 0 Å². The molecule has 6 heteroatoms. The Kier molecular flexibility index (Phi) is 6.14. The molecule has 0 saturated heterocycles. The first-order chi connectivity index (χ1) is 7.34. The van der Waals surface area contributed by atoms with Gasteiger partial charge in [-0.05, 0) is 12.3 Å². The van der Waals surface area contributed by atoms with E-state index in [0.717, 1.165) is 0 Å². The van der Waals surface area contributed by atoms with E-state index in [1.165, 1.54) is 0 Å². The van der Waals surface area contributed by atoms with Gasteiger partial charge in [-0.25, -0.2) is 0 Å². The normalized spacial score (nSPS) is 12.2. The summed E-state index contributed by atoms with van der Waals surface area (Å²) < 4.78 is 0. The second-order valence-corrected chi connectivity index (χ2v) is 4.01. The third-order valence-electron chi connectivity index (χ3n) is 2.12. The van der Waals surface area contributed by atoms with Crippen LogP contribution < -0.4 is 16.8 Å². The van der Waals surface area contributed by atoms with E-state index in [0.29, 0.717) is 6.42 Å². The fourth-order valence-corrected chi connectivity index (χ4v) is 1.24. The molecule has 5 N–H and O–H groups in total. The topological polar surface area (TPSA) is 115 Å². The molecule has 0 aliphatic carbocycles. The van der Waals surface area contributed by atoms with Gasteiger partial charge in [0.05, 0.1) is 0 Å². The average molecular weight is 229 g/mol. The molecule has 0 spiro atoms. The average Bonchev–Trinajstić information content (AvgIpc) is 2.12. The van der Waals surface area contributed by atoms with Gasteiger partial charge in [0.15, 0.2) is 0 Å². The van der Waals surface area contributed by atoms with Gasteiger partial charge in [-0.1, -0.05) is 13.8 Å². The lowest BCUT2D eigenvalue weighted by Crippen LogP contribution is -2.47. The molecule has 6 nitrogen and oxygen atoms in total. The molecule has 0 radical (unpaired) electrons. The van der Waals surface area contributed by atoms with Crippen LogP contribution in [0, 0.1) is 5.92 Å². The highest BCUT2D eigenvalue weighted by Gasteiger charge is 2.21. The molecule has 0 aromatic carbocycles. The molecule has 1 atom stereocenters. The highest BCUT2D eigenvalue weighted by atomic mass is 16.2. The minimum absolute atomic E-state index is 0.0578. The van der Waals surface area contributed by atoms with Crippen LogP contribution in [-0.4, -0.2) is 23.8 Å². The molecular weight excluding hydrogens is 210 g/mol. The third-order valence-corrected chi connectivity index (χ3v) is 2.12. The van der Waals surface area contributed by atoms with Crippen LogP contribution in [-0.2, 0) is 14.4 Å². The summed E-state index contributed by atoms with van der Waals surface area (Å²) in [5.41, 5.74) is 10.1. The number of hydrogen-bond acceptors (Lipinski definition) is 3. The van der Waals surface area contributed by atoms with Crippen molar-refractivity contribution in [3.63, 3.8) is 0 Å². The van der Waals surface area contributed by atoms with Gasteiger partial charge in [0.25, 0.3) is 0 Å². The van der Waals surface area contributed by atoms with Crippen molar-refractivity contribution in [1.82, 2.24) is 5.32 Å². The van der Waals surface area contributed by atoms with E-state index in [9.17, 15) is 14.4 Å². The fourth-order valence-electron chi connectivity index (χ4n) is 1.24. The molecule has 0 aliphatic rings. The molecule has 0 aromatic heterocycles. The van der Waals surface area contributed by atoms with Crippen molar-refractivity contribution < 1.29 is 14.4 Å². The highest BCUT2D eigenvalue weighted by molar-refractivity contribution is 5.86. The lowest BCUT2D eigenvalue weighted by molar-refractivity contribution is -0.128. The van der Waals surface area contributed by atoms with E-state index in [1.807, 2.05) is 0 Å². The van der Waals surface area contributed by atoms with Gasteiger partial charge < -0.3 is 16.8 Å².